The summed E-state index contributed by atoms with van der Waals surface area (Å²) >= 11 is 13.3. The van der Waals surface area contributed by atoms with E-state index in [1.54, 1.807) is 24.3 Å². The predicted molar refractivity (Wildman–Crippen MR) is 138 cm³/mol. The van der Waals surface area contributed by atoms with Crippen molar-refractivity contribution < 1.29 is 22.7 Å². The number of methoxy groups -OCH3 is 2. The van der Waals surface area contributed by atoms with E-state index in [2.05, 4.69) is 10.0 Å². The smallest absolute Gasteiger partial charge is 0.262 e. The maximum absolute atomic E-state index is 12.8. The van der Waals surface area contributed by atoms with Crippen molar-refractivity contribution in [2.45, 2.75) is 10.6 Å². The van der Waals surface area contributed by atoms with E-state index < -0.39 is 10.0 Å². The Morgan fingerprint density at radius 3 is 2.32 bits per heavy atom. The van der Waals surface area contributed by atoms with Crippen molar-refractivity contribution in [3.05, 3.63) is 76.3 Å². The third-order valence-electron chi connectivity index (χ3n) is 4.59. The van der Waals surface area contributed by atoms with Gasteiger partial charge >= 0.3 is 0 Å². The molecule has 3 aromatic rings. The summed E-state index contributed by atoms with van der Waals surface area (Å²) in [6.07, 6.45) is 0. The van der Waals surface area contributed by atoms with Crippen molar-refractivity contribution >= 4 is 62.3 Å². The zero-order valence-corrected chi connectivity index (χ0v) is 21.4. The number of nitrogens with one attached hydrogen (secondary N) is 2. The van der Waals surface area contributed by atoms with Gasteiger partial charge in [0.1, 0.15) is 11.5 Å². The summed E-state index contributed by atoms with van der Waals surface area (Å²) in [6.45, 7) is 0. The molecule has 0 fully saturated rings. The predicted octanol–water partition coefficient (Wildman–Crippen LogP) is 5.68. The SMILES string of the molecule is COc1ccc(OC)c(NS(=O)(=O)c2ccc(NC(=O)CSCc3ccc(Cl)c(Cl)c3)cc2)c1. The third kappa shape index (κ3) is 6.96. The van der Waals surface area contributed by atoms with Crippen molar-refractivity contribution in [2.75, 3.05) is 30.0 Å². The number of halogens is 2. The van der Waals surface area contributed by atoms with E-state index >= 15 is 0 Å². The van der Waals surface area contributed by atoms with Gasteiger partial charge in [-0.25, -0.2) is 8.42 Å². The number of benzene rings is 3. The molecule has 0 atom stereocenters. The van der Waals surface area contributed by atoms with E-state index in [4.69, 9.17) is 32.7 Å². The Bertz CT molecular complexity index is 1270. The van der Waals surface area contributed by atoms with Crippen molar-refractivity contribution in [1.82, 2.24) is 0 Å². The van der Waals surface area contributed by atoms with Crippen molar-refractivity contribution in [3.63, 3.8) is 0 Å². The van der Waals surface area contributed by atoms with Crippen LogP contribution in [0.3, 0.4) is 0 Å². The molecule has 0 saturated carbocycles. The van der Waals surface area contributed by atoms with Crippen LogP contribution in [0.1, 0.15) is 5.56 Å². The first kappa shape index (κ1) is 26.0. The van der Waals surface area contributed by atoms with Gasteiger partial charge in [0.25, 0.3) is 10.0 Å². The van der Waals surface area contributed by atoms with Crippen LogP contribution >= 0.6 is 35.0 Å². The van der Waals surface area contributed by atoms with Crippen molar-refractivity contribution in [2.24, 2.45) is 0 Å². The molecule has 0 radical (unpaired) electrons. The topological polar surface area (TPSA) is 93.7 Å². The van der Waals surface area contributed by atoms with E-state index in [0.717, 1.165) is 5.56 Å². The molecule has 0 saturated heterocycles. The number of hydrogen-bond acceptors (Lipinski definition) is 6. The summed E-state index contributed by atoms with van der Waals surface area (Å²) in [7, 11) is -0.961. The number of thioether (sulfide) groups is 1. The first-order valence-electron chi connectivity index (χ1n) is 9.88. The van der Waals surface area contributed by atoms with Crippen LogP contribution in [0.15, 0.2) is 65.6 Å². The van der Waals surface area contributed by atoms with E-state index in [0.29, 0.717) is 33.0 Å². The molecule has 180 valence electrons. The maximum atomic E-state index is 12.8. The Labute approximate surface area is 212 Å². The summed E-state index contributed by atoms with van der Waals surface area (Å²) in [5.41, 5.74) is 1.69. The fraction of sp³-hybridized carbons (Fsp3) is 0.174. The molecule has 34 heavy (non-hydrogen) atoms. The maximum Gasteiger partial charge on any atom is 0.262 e. The minimum Gasteiger partial charge on any atom is -0.497 e. The van der Waals surface area contributed by atoms with Crippen LogP contribution in [0.2, 0.25) is 10.0 Å². The van der Waals surface area contributed by atoms with E-state index in [9.17, 15) is 13.2 Å². The largest absolute Gasteiger partial charge is 0.497 e. The molecule has 3 aromatic carbocycles. The molecule has 0 aliphatic heterocycles. The first-order valence-corrected chi connectivity index (χ1v) is 13.3. The van der Waals surface area contributed by atoms with E-state index in [-0.39, 0.29) is 22.2 Å². The number of rotatable bonds is 10. The van der Waals surface area contributed by atoms with Gasteiger partial charge < -0.3 is 14.8 Å². The number of amides is 1. The van der Waals surface area contributed by atoms with Crippen LogP contribution in [0.25, 0.3) is 0 Å². The lowest BCUT2D eigenvalue weighted by Gasteiger charge is -2.13. The Morgan fingerprint density at radius 1 is 0.941 bits per heavy atom. The molecule has 0 unspecified atom stereocenters. The summed E-state index contributed by atoms with van der Waals surface area (Å²) in [6, 6.07) is 16.0. The number of carbonyl (C=O) groups excluding carboxylic acids is 1. The van der Waals surface area contributed by atoms with Gasteiger partial charge in [-0.2, -0.15) is 0 Å². The number of carbonyl (C=O) groups is 1. The molecule has 7 nitrogen and oxygen atoms in total. The lowest BCUT2D eigenvalue weighted by molar-refractivity contribution is -0.113. The standard InChI is InChI=1S/C23H22Cl2N2O5S2/c1-31-17-6-10-22(32-2)21(12-17)27-34(29,30)18-7-4-16(5-8-18)26-23(28)14-33-13-15-3-9-19(24)20(25)11-15/h3-12,27H,13-14H2,1-2H3,(H,26,28). The Hall–Kier alpha value is -2.59. The molecule has 0 aliphatic rings. The van der Waals surface area contributed by atoms with Gasteiger partial charge in [-0.3, -0.25) is 9.52 Å². The number of hydrogen-bond donors (Lipinski definition) is 2. The summed E-state index contributed by atoms with van der Waals surface area (Å²) in [5.74, 6) is 1.44. The minimum absolute atomic E-state index is 0.0318. The summed E-state index contributed by atoms with van der Waals surface area (Å²) in [4.78, 5) is 12.3. The molecule has 11 heteroatoms. The molecule has 0 aromatic heterocycles. The number of sulfonamides is 1. The van der Waals surface area contributed by atoms with E-state index in [1.165, 1.54) is 56.3 Å². The van der Waals surface area contributed by atoms with Gasteiger partial charge in [0.2, 0.25) is 5.91 Å². The zero-order chi connectivity index (χ0) is 24.7. The van der Waals surface area contributed by atoms with Gasteiger partial charge in [0, 0.05) is 17.5 Å². The highest BCUT2D eigenvalue weighted by atomic mass is 35.5. The van der Waals surface area contributed by atoms with Crippen LogP contribution in [-0.4, -0.2) is 34.3 Å². The highest BCUT2D eigenvalue weighted by Crippen LogP contribution is 2.31. The monoisotopic (exact) mass is 540 g/mol. The fourth-order valence-corrected chi connectivity index (χ4v) is 5.06. The zero-order valence-electron chi connectivity index (χ0n) is 18.3. The average molecular weight is 541 g/mol. The Balaban J connectivity index is 1.58. The van der Waals surface area contributed by atoms with Gasteiger partial charge in [-0.05, 0) is 54.1 Å². The van der Waals surface area contributed by atoms with Crippen LogP contribution in [-0.2, 0) is 20.6 Å². The highest BCUT2D eigenvalue weighted by molar-refractivity contribution is 7.99. The van der Waals surface area contributed by atoms with Crippen LogP contribution < -0.4 is 19.5 Å². The van der Waals surface area contributed by atoms with Gasteiger partial charge in [-0.15, -0.1) is 11.8 Å². The molecule has 0 spiro atoms. The molecular formula is C23H22Cl2N2O5S2. The van der Waals surface area contributed by atoms with Crippen molar-refractivity contribution in [1.29, 1.82) is 0 Å². The first-order chi connectivity index (χ1) is 16.2. The van der Waals surface area contributed by atoms with Gasteiger partial charge in [0.15, 0.2) is 0 Å². The molecule has 2 N–H and O–H groups in total. The Morgan fingerprint density at radius 2 is 1.68 bits per heavy atom. The molecule has 0 aliphatic carbocycles. The average Bonchev–Trinajstić information content (AvgIpc) is 2.81. The highest BCUT2D eigenvalue weighted by Gasteiger charge is 2.17. The van der Waals surface area contributed by atoms with Crippen LogP contribution in [0.4, 0.5) is 11.4 Å². The molecule has 0 bridgehead atoms. The molecule has 0 heterocycles. The molecular weight excluding hydrogens is 519 g/mol. The lowest BCUT2D eigenvalue weighted by atomic mass is 10.2. The quantitative estimate of drug-likeness (QED) is 0.343. The minimum atomic E-state index is -3.89. The molecule has 3 rings (SSSR count). The van der Waals surface area contributed by atoms with Gasteiger partial charge in [0.05, 0.1) is 40.6 Å². The number of anilines is 2. The number of ether oxygens (including phenoxy) is 2. The van der Waals surface area contributed by atoms with Gasteiger partial charge in [-0.1, -0.05) is 29.3 Å². The lowest BCUT2D eigenvalue weighted by Crippen LogP contribution is -2.15. The van der Waals surface area contributed by atoms with E-state index in [1.807, 2.05) is 6.07 Å². The second kappa shape index (κ2) is 11.7. The van der Waals surface area contributed by atoms with Crippen molar-refractivity contribution in [3.8, 4) is 11.5 Å². The molecule has 1 amide bonds. The normalized spacial score (nSPS) is 11.1. The summed E-state index contributed by atoms with van der Waals surface area (Å²) < 4.78 is 38.5. The fourth-order valence-electron chi connectivity index (χ4n) is 2.90. The second-order valence-electron chi connectivity index (χ2n) is 6.99. The summed E-state index contributed by atoms with van der Waals surface area (Å²) in [5, 5.41) is 3.71. The second-order valence-corrected chi connectivity index (χ2v) is 10.5. The van der Waals surface area contributed by atoms with Crippen LogP contribution in [0.5, 0.6) is 11.5 Å². The van der Waals surface area contributed by atoms with Crippen LogP contribution in [0, 0.1) is 0 Å². The Kier molecular flexibility index (Phi) is 8.96. The third-order valence-corrected chi connectivity index (χ3v) is 7.71.